The zero-order valence-electron chi connectivity index (χ0n) is 17.9. The van der Waals surface area contributed by atoms with Crippen molar-refractivity contribution in [2.24, 2.45) is 0 Å². The van der Waals surface area contributed by atoms with Crippen LogP contribution in [-0.4, -0.2) is 70.6 Å². The van der Waals surface area contributed by atoms with Gasteiger partial charge < -0.3 is 29.9 Å². The van der Waals surface area contributed by atoms with Crippen molar-refractivity contribution in [3.8, 4) is 11.5 Å². The van der Waals surface area contributed by atoms with Crippen LogP contribution < -0.4 is 20.1 Å². The number of nitrogens with one attached hydrogen (secondary N) is 2. The van der Waals surface area contributed by atoms with Crippen LogP contribution in [0.2, 0.25) is 0 Å². The number of ether oxygens (including phenoxy) is 2. The quantitative estimate of drug-likeness (QED) is 0.386. The second-order valence-electron chi connectivity index (χ2n) is 7.23. The summed E-state index contributed by atoms with van der Waals surface area (Å²) in [7, 11) is 1.56. The molecule has 10 nitrogen and oxygen atoms in total. The normalized spacial score (nSPS) is 16.1. The van der Waals surface area contributed by atoms with Crippen LogP contribution in [0.3, 0.4) is 0 Å². The van der Waals surface area contributed by atoms with Crippen LogP contribution >= 0.6 is 11.8 Å². The third kappa shape index (κ3) is 7.29. The monoisotopic (exact) mass is 475 g/mol. The highest BCUT2D eigenvalue weighted by atomic mass is 32.2. The van der Waals surface area contributed by atoms with Gasteiger partial charge in [0.2, 0.25) is 0 Å². The number of anilines is 1. The van der Waals surface area contributed by atoms with Crippen molar-refractivity contribution in [1.82, 2.24) is 10.2 Å². The van der Waals surface area contributed by atoms with Gasteiger partial charge in [-0.1, -0.05) is 12.1 Å². The molecule has 3 amide bonds. The molecule has 1 unspecified atom stereocenters. The molecule has 0 aliphatic carbocycles. The van der Waals surface area contributed by atoms with Gasteiger partial charge in [-0.15, -0.1) is 0 Å². The first-order valence-electron chi connectivity index (χ1n) is 10.1. The van der Waals surface area contributed by atoms with Crippen LogP contribution in [0.4, 0.5) is 15.3 Å². The third-order valence-electron chi connectivity index (χ3n) is 4.81. The number of imide groups is 1. The van der Waals surface area contributed by atoms with Gasteiger partial charge >= 0.3 is 6.09 Å². The lowest BCUT2D eigenvalue weighted by Crippen LogP contribution is -2.40. The van der Waals surface area contributed by atoms with Crippen molar-refractivity contribution < 1.29 is 34.1 Å². The number of hydrogen-bond donors (Lipinski definition) is 4. The SMILES string of the molecule is COc1ccc(OC[C@@H](O)CN(CCc2ccc(NC3SC(=O)NC3=O)cc2)C(=O)O)cc1. The Morgan fingerprint density at radius 3 is 2.39 bits per heavy atom. The second-order valence-corrected chi connectivity index (χ2v) is 8.31. The number of carboxylic acid groups (broad SMARTS) is 1. The van der Waals surface area contributed by atoms with Crippen LogP contribution in [0.15, 0.2) is 48.5 Å². The fourth-order valence-corrected chi connectivity index (χ4v) is 3.81. The van der Waals surface area contributed by atoms with Crippen LogP contribution in [0.5, 0.6) is 11.5 Å². The predicted molar refractivity (Wildman–Crippen MR) is 123 cm³/mol. The Balaban J connectivity index is 1.45. The molecule has 0 bridgehead atoms. The minimum atomic E-state index is -1.13. The molecule has 1 aliphatic rings. The first-order valence-corrected chi connectivity index (χ1v) is 11.0. The van der Waals surface area contributed by atoms with Gasteiger partial charge in [0.25, 0.3) is 11.1 Å². The predicted octanol–water partition coefficient (Wildman–Crippen LogP) is 2.38. The lowest BCUT2D eigenvalue weighted by Gasteiger charge is -2.22. The second kappa shape index (κ2) is 11.4. The van der Waals surface area contributed by atoms with E-state index in [2.05, 4.69) is 10.6 Å². The molecule has 1 fully saturated rings. The molecular weight excluding hydrogens is 450 g/mol. The lowest BCUT2D eigenvalue weighted by atomic mass is 10.1. The number of aliphatic hydroxyl groups excluding tert-OH is 1. The minimum Gasteiger partial charge on any atom is -0.497 e. The average molecular weight is 476 g/mol. The topological polar surface area (TPSA) is 137 Å². The summed E-state index contributed by atoms with van der Waals surface area (Å²) in [5.41, 5.74) is 1.55. The summed E-state index contributed by atoms with van der Waals surface area (Å²) in [5.74, 6) is 0.839. The van der Waals surface area contributed by atoms with Crippen molar-refractivity contribution in [3.63, 3.8) is 0 Å². The molecule has 3 rings (SSSR count). The Labute approximate surface area is 194 Å². The molecule has 1 aliphatic heterocycles. The number of methoxy groups -OCH3 is 1. The van der Waals surface area contributed by atoms with E-state index in [9.17, 15) is 24.6 Å². The Bertz CT molecular complexity index is 969. The van der Waals surface area contributed by atoms with Gasteiger partial charge in [0.05, 0.1) is 13.7 Å². The summed E-state index contributed by atoms with van der Waals surface area (Å²) in [6.45, 7) is 0.0516. The molecule has 0 radical (unpaired) electrons. The molecule has 0 spiro atoms. The fourth-order valence-electron chi connectivity index (χ4n) is 3.07. The number of aliphatic hydroxyl groups is 1. The van der Waals surface area contributed by atoms with E-state index in [0.717, 1.165) is 22.2 Å². The number of amides is 3. The van der Waals surface area contributed by atoms with E-state index in [4.69, 9.17) is 9.47 Å². The number of nitrogens with zero attached hydrogens (tertiary/aromatic N) is 1. The number of benzene rings is 2. The molecule has 1 heterocycles. The Morgan fingerprint density at radius 2 is 1.82 bits per heavy atom. The molecule has 0 saturated carbocycles. The van der Waals surface area contributed by atoms with Crippen LogP contribution in [0.25, 0.3) is 0 Å². The van der Waals surface area contributed by atoms with E-state index in [-0.39, 0.29) is 30.8 Å². The third-order valence-corrected chi connectivity index (χ3v) is 5.70. The van der Waals surface area contributed by atoms with Gasteiger partial charge in [0.1, 0.15) is 24.2 Å². The fraction of sp³-hybridized carbons (Fsp3) is 0.318. The first-order chi connectivity index (χ1) is 15.8. The summed E-state index contributed by atoms with van der Waals surface area (Å²) >= 11 is 0.878. The molecule has 1 saturated heterocycles. The molecule has 2 aromatic rings. The smallest absolute Gasteiger partial charge is 0.407 e. The van der Waals surface area contributed by atoms with Gasteiger partial charge in [0.15, 0.2) is 5.37 Å². The van der Waals surface area contributed by atoms with Crippen LogP contribution in [0, 0.1) is 0 Å². The highest BCUT2D eigenvalue weighted by Crippen LogP contribution is 2.22. The van der Waals surface area contributed by atoms with Gasteiger partial charge in [-0.05, 0) is 60.1 Å². The number of thioether (sulfide) groups is 1. The van der Waals surface area contributed by atoms with Crippen molar-refractivity contribution in [2.75, 3.05) is 32.1 Å². The number of carbonyl (C=O) groups excluding carboxylic acids is 2. The highest BCUT2D eigenvalue weighted by Gasteiger charge is 2.31. The molecule has 2 aromatic carbocycles. The zero-order valence-corrected chi connectivity index (χ0v) is 18.7. The van der Waals surface area contributed by atoms with Crippen LogP contribution in [-0.2, 0) is 11.2 Å². The maximum absolute atomic E-state index is 11.6. The van der Waals surface area contributed by atoms with Crippen molar-refractivity contribution in [1.29, 1.82) is 0 Å². The summed E-state index contributed by atoms with van der Waals surface area (Å²) < 4.78 is 10.6. The maximum Gasteiger partial charge on any atom is 0.407 e. The van der Waals surface area contributed by atoms with E-state index in [1.165, 1.54) is 0 Å². The number of rotatable bonds is 11. The van der Waals surface area contributed by atoms with E-state index < -0.39 is 17.6 Å². The largest absolute Gasteiger partial charge is 0.497 e. The Kier molecular flexibility index (Phi) is 8.39. The molecule has 0 aromatic heterocycles. The minimum absolute atomic E-state index is 0.0499. The summed E-state index contributed by atoms with van der Waals surface area (Å²) in [6, 6.07) is 14.0. The van der Waals surface area contributed by atoms with Crippen LogP contribution in [0.1, 0.15) is 5.56 Å². The highest BCUT2D eigenvalue weighted by molar-refractivity contribution is 8.15. The molecule has 2 atom stereocenters. The molecule has 4 N–H and O–H groups in total. The van der Waals surface area contributed by atoms with E-state index in [0.29, 0.717) is 23.6 Å². The first kappa shape index (κ1) is 24.2. The van der Waals surface area contributed by atoms with Gasteiger partial charge in [-0.3, -0.25) is 14.9 Å². The molecule has 11 heteroatoms. The van der Waals surface area contributed by atoms with Crippen molar-refractivity contribution >= 4 is 34.7 Å². The number of carbonyl (C=O) groups is 3. The van der Waals surface area contributed by atoms with E-state index >= 15 is 0 Å². The van der Waals surface area contributed by atoms with Crippen molar-refractivity contribution in [3.05, 3.63) is 54.1 Å². The van der Waals surface area contributed by atoms with Gasteiger partial charge in [-0.25, -0.2) is 4.79 Å². The average Bonchev–Trinajstić information content (AvgIpc) is 3.12. The van der Waals surface area contributed by atoms with Crippen molar-refractivity contribution in [2.45, 2.75) is 17.9 Å². The maximum atomic E-state index is 11.6. The Morgan fingerprint density at radius 1 is 1.15 bits per heavy atom. The zero-order chi connectivity index (χ0) is 23.8. The Hall–Kier alpha value is -3.44. The van der Waals surface area contributed by atoms with Gasteiger partial charge in [0, 0.05) is 12.2 Å². The number of hydrogen-bond acceptors (Lipinski definition) is 8. The summed E-state index contributed by atoms with van der Waals surface area (Å²) in [5, 5.41) is 23.8. The summed E-state index contributed by atoms with van der Waals surface area (Å²) in [4.78, 5) is 35.6. The summed E-state index contributed by atoms with van der Waals surface area (Å²) in [6.07, 6.45) is -1.69. The molecule has 33 heavy (non-hydrogen) atoms. The standard InChI is InChI=1S/C22H25N3O7S/c1-31-17-6-8-18(9-7-17)32-13-16(26)12-25(22(29)30)11-10-14-2-4-15(5-3-14)23-20-19(27)24-21(28)33-20/h2-9,16,20,23,26H,10-13H2,1H3,(H,29,30)(H,24,27,28)/t16-,20?/m0/s1. The van der Waals surface area contributed by atoms with E-state index in [1.807, 2.05) is 12.1 Å². The van der Waals surface area contributed by atoms with E-state index in [1.54, 1.807) is 43.5 Å². The van der Waals surface area contributed by atoms with Gasteiger partial charge in [-0.2, -0.15) is 0 Å². The lowest BCUT2D eigenvalue weighted by molar-refractivity contribution is -0.118. The molecule has 176 valence electrons. The molecular formula is C22H25N3O7S.